The number of benzene rings is 7. The van der Waals surface area contributed by atoms with Crippen molar-refractivity contribution in [2.24, 2.45) is 35.5 Å². The molecule has 0 aliphatic heterocycles. The molecule has 344 valence electrons. The van der Waals surface area contributed by atoms with Crippen molar-refractivity contribution in [2.45, 2.75) is 109 Å². The van der Waals surface area contributed by atoms with Gasteiger partial charge in [-0.2, -0.15) is 5.26 Å². The average molecular weight is 901 g/mol. The molecule has 8 atom stereocenters. The Balaban J connectivity index is 1.01. The van der Waals surface area contributed by atoms with Crippen molar-refractivity contribution in [3.8, 4) is 62.5 Å². The summed E-state index contributed by atoms with van der Waals surface area (Å²) >= 11 is 0. The smallest absolute Gasteiger partial charge is 0.164 e. The number of nitriles is 1. The Bertz CT molecular complexity index is 3270. The van der Waals surface area contributed by atoms with Crippen molar-refractivity contribution < 1.29 is 0 Å². The first-order valence-corrected chi connectivity index (χ1v) is 26.2. The molecular weight excluding hydrogens is 837 g/mol. The van der Waals surface area contributed by atoms with Crippen molar-refractivity contribution in [3.63, 3.8) is 0 Å². The van der Waals surface area contributed by atoms with Crippen molar-refractivity contribution in [1.29, 1.82) is 5.26 Å². The van der Waals surface area contributed by atoms with Crippen LogP contribution in [0.2, 0.25) is 0 Å². The van der Waals surface area contributed by atoms with Gasteiger partial charge in [0.05, 0.1) is 11.6 Å². The molecule has 3 unspecified atom stereocenters. The number of hydrogen-bond acceptors (Lipinski definition) is 4. The van der Waals surface area contributed by atoms with Crippen molar-refractivity contribution in [1.82, 2.24) is 15.0 Å². The first kappa shape index (κ1) is 43.8. The molecule has 4 heteroatoms. The lowest BCUT2D eigenvalue weighted by molar-refractivity contribution is 0.0600. The summed E-state index contributed by atoms with van der Waals surface area (Å²) in [7, 11) is 0. The van der Waals surface area contributed by atoms with Crippen LogP contribution in [0.15, 0.2) is 146 Å². The number of aromatic nitrogens is 3. The standard InChI is InChI=1S/C65H64N4/c1-5-46-29-30-64(35-43(4)33-49(46)39-64)60-28-27-56(53-16-8-10-19-57(53)60)55-18-9-11-20-58(55)62-67-61(47-21-23-50(24-22-47)65-36-41(2)31-45(38-65)32-42(3)37-65)68-63(69-62)59-26-25-51(52-15-6-7-17-54(52)59)48-14-12-13-44(34-48)40-66/h6-28,34,41-43,45-46,49H,5,29-33,35-39H2,1-4H3/t41-,42+,43-,45-,46?,49+,64?,65?/m0/s1. The summed E-state index contributed by atoms with van der Waals surface area (Å²) in [4.78, 5) is 16.3. The zero-order valence-electron chi connectivity index (χ0n) is 40.9. The van der Waals surface area contributed by atoms with Crippen LogP contribution in [0.1, 0.15) is 115 Å². The molecular formula is C65H64N4. The molecule has 0 saturated heterocycles. The van der Waals surface area contributed by atoms with E-state index < -0.39 is 0 Å². The van der Waals surface area contributed by atoms with E-state index in [2.05, 4.69) is 161 Å². The molecule has 4 nitrogen and oxygen atoms in total. The van der Waals surface area contributed by atoms with Gasteiger partial charge in [-0.15, -0.1) is 0 Å². The second kappa shape index (κ2) is 17.5. The van der Waals surface area contributed by atoms with Gasteiger partial charge >= 0.3 is 0 Å². The first-order chi connectivity index (χ1) is 33.7. The number of fused-ring (bicyclic) bond motifs is 6. The van der Waals surface area contributed by atoms with Gasteiger partial charge in [0, 0.05) is 16.7 Å². The van der Waals surface area contributed by atoms with E-state index in [1.165, 1.54) is 92.5 Å². The van der Waals surface area contributed by atoms with E-state index in [9.17, 15) is 5.26 Å². The Morgan fingerprint density at radius 1 is 0.507 bits per heavy atom. The lowest BCUT2D eigenvalue weighted by atomic mass is 9.53. The molecule has 12 rings (SSSR count). The molecule has 0 spiro atoms. The predicted molar refractivity (Wildman–Crippen MR) is 285 cm³/mol. The van der Waals surface area contributed by atoms with Crippen LogP contribution < -0.4 is 0 Å². The third-order valence-electron chi connectivity index (χ3n) is 17.7. The van der Waals surface area contributed by atoms with Crippen molar-refractivity contribution in [3.05, 3.63) is 162 Å². The molecule has 4 bridgehead atoms. The van der Waals surface area contributed by atoms with Gasteiger partial charge in [-0.05, 0) is 184 Å². The third-order valence-corrected chi connectivity index (χ3v) is 17.7. The molecule has 8 aromatic rings. The van der Waals surface area contributed by atoms with E-state index in [-0.39, 0.29) is 10.8 Å². The number of rotatable bonds is 8. The molecule has 7 aromatic carbocycles. The van der Waals surface area contributed by atoms with E-state index in [1.807, 2.05) is 18.2 Å². The SMILES string of the molecule is CCC1CCC2(c3ccc(-c4ccccc4-c4nc(-c5ccc(C67C[C@H](C)C[C@H](C[C@H](C)C6)C7)cc5)nc(-c5ccc(-c6cccc(C#N)c6)c6ccccc56)n4)c4ccccc34)C[C@@H](C)C[C@@H]1C2. The van der Waals surface area contributed by atoms with E-state index in [0.717, 1.165) is 79.7 Å². The highest BCUT2D eigenvalue weighted by Gasteiger charge is 2.47. The highest BCUT2D eigenvalue weighted by atomic mass is 15.0. The summed E-state index contributed by atoms with van der Waals surface area (Å²) in [5.41, 5.74) is 11.5. The van der Waals surface area contributed by atoms with Gasteiger partial charge in [0.1, 0.15) is 0 Å². The quantitative estimate of drug-likeness (QED) is 0.152. The normalized spacial score (nSPS) is 26.4. The van der Waals surface area contributed by atoms with Crippen LogP contribution in [0.5, 0.6) is 0 Å². The van der Waals surface area contributed by atoms with Crippen molar-refractivity contribution in [2.75, 3.05) is 0 Å². The van der Waals surface area contributed by atoms with Crippen LogP contribution in [0.3, 0.4) is 0 Å². The largest absolute Gasteiger partial charge is 0.208 e. The van der Waals surface area contributed by atoms with Gasteiger partial charge in [-0.1, -0.05) is 162 Å². The number of nitrogens with zero attached hydrogens (tertiary/aromatic N) is 4. The molecule has 4 aliphatic rings. The maximum atomic E-state index is 9.79. The highest BCUT2D eigenvalue weighted by Crippen LogP contribution is 2.57. The lowest BCUT2D eigenvalue weighted by Gasteiger charge is -2.51. The second-order valence-corrected chi connectivity index (χ2v) is 22.5. The van der Waals surface area contributed by atoms with Gasteiger partial charge in [0.2, 0.25) is 0 Å². The fourth-order valence-electron chi connectivity index (χ4n) is 15.3. The van der Waals surface area contributed by atoms with Crippen LogP contribution in [0, 0.1) is 46.8 Å². The fraction of sp³-hybridized carbons (Fsp3) is 0.354. The molecule has 0 N–H and O–H groups in total. The molecule has 4 saturated carbocycles. The third kappa shape index (κ3) is 7.78. The van der Waals surface area contributed by atoms with Gasteiger partial charge in [-0.25, -0.2) is 15.0 Å². The van der Waals surface area contributed by atoms with Crippen molar-refractivity contribution >= 4 is 21.5 Å². The van der Waals surface area contributed by atoms with E-state index in [0.29, 0.717) is 23.0 Å². The fourth-order valence-corrected chi connectivity index (χ4v) is 15.3. The topological polar surface area (TPSA) is 62.5 Å². The van der Waals surface area contributed by atoms with Gasteiger partial charge in [0.25, 0.3) is 0 Å². The van der Waals surface area contributed by atoms with Gasteiger partial charge < -0.3 is 0 Å². The Kier molecular flexibility index (Phi) is 11.1. The summed E-state index contributed by atoms with van der Waals surface area (Å²) in [5.74, 6) is 6.72. The van der Waals surface area contributed by atoms with Crippen LogP contribution >= 0.6 is 0 Å². The molecule has 1 aromatic heterocycles. The Labute approximate surface area is 409 Å². The molecule has 0 radical (unpaired) electrons. The average Bonchev–Trinajstić information content (AvgIpc) is 3.37. The molecule has 4 fully saturated rings. The maximum Gasteiger partial charge on any atom is 0.164 e. The minimum absolute atomic E-state index is 0.224. The van der Waals surface area contributed by atoms with Crippen LogP contribution in [-0.2, 0) is 10.8 Å². The minimum atomic E-state index is 0.224. The zero-order valence-corrected chi connectivity index (χ0v) is 40.9. The van der Waals surface area contributed by atoms with Gasteiger partial charge in [0.15, 0.2) is 17.5 Å². The summed E-state index contributed by atoms with van der Waals surface area (Å²) in [6.45, 7) is 9.85. The second-order valence-electron chi connectivity index (χ2n) is 22.5. The van der Waals surface area contributed by atoms with E-state index in [1.54, 1.807) is 5.56 Å². The van der Waals surface area contributed by atoms with Crippen LogP contribution in [0.25, 0.3) is 78.0 Å². The Morgan fingerprint density at radius 2 is 1.10 bits per heavy atom. The Morgan fingerprint density at radius 3 is 1.83 bits per heavy atom. The first-order valence-electron chi connectivity index (χ1n) is 26.2. The predicted octanol–water partition coefficient (Wildman–Crippen LogP) is 17.0. The summed E-state index contributed by atoms with van der Waals surface area (Å²) in [5, 5.41) is 14.6. The van der Waals surface area contributed by atoms with Crippen LogP contribution in [0.4, 0.5) is 0 Å². The maximum absolute atomic E-state index is 9.79. The van der Waals surface area contributed by atoms with E-state index >= 15 is 0 Å². The molecule has 4 aliphatic carbocycles. The molecule has 0 amide bonds. The monoisotopic (exact) mass is 901 g/mol. The summed E-state index contributed by atoms with van der Waals surface area (Å²) in [6, 6.07) is 55.3. The highest BCUT2D eigenvalue weighted by molar-refractivity contribution is 6.05. The zero-order chi connectivity index (χ0) is 46.9. The minimum Gasteiger partial charge on any atom is -0.208 e. The Hall–Kier alpha value is -6.44. The summed E-state index contributed by atoms with van der Waals surface area (Å²) < 4.78 is 0. The van der Waals surface area contributed by atoms with Crippen LogP contribution in [-0.4, -0.2) is 15.0 Å². The molecule has 69 heavy (non-hydrogen) atoms. The summed E-state index contributed by atoms with van der Waals surface area (Å²) in [6.07, 6.45) is 14.5. The van der Waals surface area contributed by atoms with E-state index in [4.69, 9.17) is 15.0 Å². The molecule has 1 heterocycles. The lowest BCUT2D eigenvalue weighted by Crippen LogP contribution is -2.43. The number of hydrogen-bond donors (Lipinski definition) is 0. The van der Waals surface area contributed by atoms with Gasteiger partial charge in [-0.3, -0.25) is 0 Å².